The summed E-state index contributed by atoms with van der Waals surface area (Å²) in [5.74, 6) is -3.33. The van der Waals surface area contributed by atoms with E-state index < -0.39 is 24.6 Å². The number of benzene rings is 1. The molecule has 0 saturated carbocycles. The average molecular weight is 211 g/mol. The molecule has 15 heavy (non-hydrogen) atoms. The van der Waals surface area contributed by atoms with Gasteiger partial charge in [0.2, 0.25) is 0 Å². The molecule has 1 aromatic rings. The number of nitrogens with zero attached hydrogens (tertiary/aromatic N) is 1. The summed E-state index contributed by atoms with van der Waals surface area (Å²) in [5, 5.41) is 0.166. The topological polar surface area (TPSA) is 63.7 Å². The van der Waals surface area contributed by atoms with E-state index in [1.54, 1.807) is 12.1 Å². The quantitative estimate of drug-likeness (QED) is 0.643. The fourth-order valence-corrected chi connectivity index (χ4v) is 1.33. The molecule has 0 fully saturated rings. The predicted molar refractivity (Wildman–Crippen MR) is 48.7 cm³/mol. The van der Waals surface area contributed by atoms with Crippen molar-refractivity contribution >= 4 is 17.8 Å². The highest BCUT2D eigenvalue weighted by atomic mass is 16.7. The predicted octanol–water partition coefficient (Wildman–Crippen LogP) is 0.761. The van der Waals surface area contributed by atoms with Gasteiger partial charge < -0.3 is 4.84 Å². The lowest BCUT2D eigenvalue weighted by atomic mass is 10.1. The van der Waals surface area contributed by atoms with Crippen LogP contribution in [0.3, 0.4) is 0 Å². The molecule has 0 radical (unpaired) electrons. The van der Waals surface area contributed by atoms with Crippen LogP contribution in [0, 0.1) is 0 Å². The molecule has 0 aliphatic carbocycles. The molecule has 0 N–H and O–H groups in total. The minimum absolute atomic E-state index is 0.0702. The summed E-state index contributed by atoms with van der Waals surface area (Å²) in [4.78, 5) is 38.9. The summed E-state index contributed by atoms with van der Waals surface area (Å²) in [5.41, 5.74) is 0.140. The van der Waals surface area contributed by atoms with Crippen molar-refractivity contribution in [3.05, 3.63) is 35.4 Å². The Balaban J connectivity index is 2.27. The Bertz CT molecular complexity index is 517. The van der Waals surface area contributed by atoms with Crippen LogP contribution in [0.5, 0.6) is 0 Å². The molecule has 2 rings (SSSR count). The zero-order valence-electron chi connectivity index (χ0n) is 10.4. The highest BCUT2D eigenvalue weighted by Gasteiger charge is 2.37. The van der Waals surface area contributed by atoms with E-state index in [1.165, 1.54) is 12.1 Å². The molecule has 0 bridgehead atoms. The molecule has 2 amide bonds. The fraction of sp³-hybridized carbons (Fsp3) is 0.100. The van der Waals surface area contributed by atoms with E-state index in [1.807, 2.05) is 0 Å². The molecule has 5 heteroatoms. The highest BCUT2D eigenvalue weighted by molar-refractivity contribution is 6.20. The van der Waals surface area contributed by atoms with E-state index in [9.17, 15) is 14.4 Å². The van der Waals surface area contributed by atoms with Crippen LogP contribution in [0.1, 0.15) is 31.7 Å². The van der Waals surface area contributed by atoms with Crippen LogP contribution in [0.25, 0.3) is 0 Å². The van der Waals surface area contributed by atoms with Gasteiger partial charge in [-0.05, 0) is 12.1 Å². The second-order valence-electron chi connectivity index (χ2n) is 2.83. The lowest BCUT2D eigenvalue weighted by Gasteiger charge is -2.10. The van der Waals surface area contributed by atoms with Crippen molar-refractivity contribution in [3.63, 3.8) is 0 Å². The molecule has 76 valence electrons. The van der Waals surface area contributed by atoms with Gasteiger partial charge in [0.1, 0.15) is 0 Å². The van der Waals surface area contributed by atoms with E-state index in [-0.39, 0.29) is 16.2 Å². The van der Waals surface area contributed by atoms with Crippen molar-refractivity contribution in [1.82, 2.24) is 5.06 Å². The normalized spacial score (nSPS) is 17.9. The Morgan fingerprint density at radius 3 is 2.27 bits per heavy atom. The first-order valence-corrected chi connectivity index (χ1v) is 4.02. The molecular formula is C10H7NO4. The van der Waals surface area contributed by atoms with E-state index in [4.69, 9.17) is 4.11 Å². The van der Waals surface area contributed by atoms with Gasteiger partial charge in [0, 0.05) is 11.0 Å². The van der Waals surface area contributed by atoms with E-state index in [0.29, 0.717) is 0 Å². The number of fused-ring (bicyclic) bond motifs is 1. The monoisotopic (exact) mass is 211 g/mol. The number of imide groups is 1. The van der Waals surface area contributed by atoms with Gasteiger partial charge in [0.15, 0.2) is 0 Å². The number of hydroxylamine groups is 2. The lowest BCUT2D eigenvalue weighted by Crippen LogP contribution is -2.31. The maximum Gasteiger partial charge on any atom is 0.330 e. The molecule has 1 aliphatic rings. The molecule has 1 aromatic carbocycles. The number of rotatable bonds is 1. The summed E-state index contributed by atoms with van der Waals surface area (Å²) in [6.45, 7) is -3.03. The van der Waals surface area contributed by atoms with Crippen molar-refractivity contribution in [2.75, 3.05) is 0 Å². The largest absolute Gasteiger partial charge is 0.330 e. The standard InChI is InChI=1S/C10H7NO4/c1-6(12)15-11-9(13)7-4-2-3-5-8(7)10(11)14/h2-5H,1H3/i1T3. The van der Waals surface area contributed by atoms with Crippen LogP contribution in [-0.2, 0) is 9.63 Å². The van der Waals surface area contributed by atoms with Crippen molar-refractivity contribution in [3.8, 4) is 0 Å². The molecule has 1 aliphatic heterocycles. The Labute approximate surface area is 89.4 Å². The molecule has 0 atom stereocenters. The van der Waals surface area contributed by atoms with Gasteiger partial charge >= 0.3 is 5.97 Å². The number of carbonyl (C=O) groups is 3. The van der Waals surface area contributed by atoms with Crippen molar-refractivity contribution in [2.24, 2.45) is 0 Å². The summed E-state index contributed by atoms with van der Waals surface area (Å²) in [6.07, 6.45) is 0. The summed E-state index contributed by atoms with van der Waals surface area (Å²) in [6, 6.07) is 5.86. The molecule has 0 spiro atoms. The Hall–Kier alpha value is -2.17. The smallest absolute Gasteiger partial charge is 0.330 e. The maximum absolute atomic E-state index is 11.7. The Morgan fingerprint density at radius 2 is 1.80 bits per heavy atom. The summed E-state index contributed by atoms with van der Waals surface area (Å²) >= 11 is 0. The van der Waals surface area contributed by atoms with Crippen molar-refractivity contribution in [1.29, 1.82) is 0 Å². The third kappa shape index (κ3) is 1.38. The van der Waals surface area contributed by atoms with E-state index in [2.05, 4.69) is 4.84 Å². The Kier molecular flexibility index (Phi) is 1.35. The summed E-state index contributed by atoms with van der Waals surface area (Å²) < 4.78 is 20.4. The van der Waals surface area contributed by atoms with Crippen LogP contribution in [0.4, 0.5) is 0 Å². The van der Waals surface area contributed by atoms with E-state index in [0.717, 1.165) is 0 Å². The van der Waals surface area contributed by atoms with Crippen molar-refractivity contribution < 1.29 is 23.3 Å². The van der Waals surface area contributed by atoms with Crippen molar-refractivity contribution in [2.45, 2.75) is 6.85 Å². The molecule has 0 aromatic heterocycles. The third-order valence-electron chi connectivity index (χ3n) is 1.93. The minimum atomic E-state index is -3.03. The minimum Gasteiger partial charge on any atom is -0.330 e. The average Bonchev–Trinajstić information content (AvgIpc) is 2.54. The van der Waals surface area contributed by atoms with Crippen LogP contribution >= 0.6 is 0 Å². The van der Waals surface area contributed by atoms with Crippen LogP contribution < -0.4 is 0 Å². The van der Waals surface area contributed by atoms with Gasteiger partial charge in [-0.3, -0.25) is 9.59 Å². The van der Waals surface area contributed by atoms with Gasteiger partial charge in [-0.1, -0.05) is 17.2 Å². The molecule has 0 unspecified atom stereocenters. The molecular weight excluding hydrogens is 198 g/mol. The zero-order chi connectivity index (χ0) is 13.5. The summed E-state index contributed by atoms with van der Waals surface area (Å²) in [7, 11) is 0. The third-order valence-corrected chi connectivity index (χ3v) is 1.93. The van der Waals surface area contributed by atoms with Gasteiger partial charge in [0.05, 0.1) is 11.1 Å². The second-order valence-corrected chi connectivity index (χ2v) is 2.83. The van der Waals surface area contributed by atoms with Gasteiger partial charge in [-0.25, -0.2) is 4.79 Å². The number of carbonyl (C=O) groups excluding carboxylic acids is 3. The van der Waals surface area contributed by atoms with E-state index >= 15 is 0 Å². The lowest BCUT2D eigenvalue weighted by molar-refractivity contribution is -0.165. The number of amides is 2. The number of hydrogen-bond acceptors (Lipinski definition) is 4. The van der Waals surface area contributed by atoms with Crippen LogP contribution in [0.15, 0.2) is 24.3 Å². The molecule has 5 nitrogen and oxygen atoms in total. The molecule has 1 heterocycles. The van der Waals surface area contributed by atoms with Gasteiger partial charge in [-0.15, -0.1) is 0 Å². The SMILES string of the molecule is [3H]C([3H])([3H])C(=O)ON1C(=O)c2ccccc2C1=O. The van der Waals surface area contributed by atoms with Gasteiger partial charge in [-0.2, -0.15) is 0 Å². The second kappa shape index (κ2) is 3.20. The molecule has 0 saturated heterocycles. The van der Waals surface area contributed by atoms with Crippen LogP contribution in [-0.4, -0.2) is 22.8 Å². The maximum atomic E-state index is 11.7. The first kappa shape index (κ1) is 6.34. The number of hydrogen-bond donors (Lipinski definition) is 0. The van der Waals surface area contributed by atoms with Gasteiger partial charge in [0.25, 0.3) is 11.8 Å². The van der Waals surface area contributed by atoms with Crippen LogP contribution in [0.2, 0.25) is 0 Å². The Morgan fingerprint density at radius 1 is 1.27 bits per heavy atom. The fourth-order valence-electron chi connectivity index (χ4n) is 1.33. The zero-order valence-corrected chi connectivity index (χ0v) is 7.39. The highest BCUT2D eigenvalue weighted by Crippen LogP contribution is 2.22. The first-order valence-electron chi connectivity index (χ1n) is 5.52. The first-order chi connectivity index (χ1) is 8.32.